The van der Waals surface area contributed by atoms with Crippen molar-refractivity contribution in [2.45, 2.75) is 37.8 Å². The van der Waals surface area contributed by atoms with Gasteiger partial charge < -0.3 is 9.80 Å². The molecule has 1 unspecified atom stereocenters. The van der Waals surface area contributed by atoms with Crippen molar-refractivity contribution in [2.24, 2.45) is 0 Å². The van der Waals surface area contributed by atoms with Gasteiger partial charge in [0.1, 0.15) is 5.54 Å². The molecule has 3 aromatic rings. The normalized spacial score (nSPS) is 21.5. The lowest BCUT2D eigenvalue weighted by Crippen LogP contribution is -2.61. The Labute approximate surface area is 176 Å². The van der Waals surface area contributed by atoms with Crippen molar-refractivity contribution >= 4 is 22.7 Å². The molecular weight excluding hydrogens is 374 g/mol. The monoisotopic (exact) mass is 399 g/mol. The summed E-state index contributed by atoms with van der Waals surface area (Å²) in [6.45, 7) is 1.96. The number of benzene rings is 2. The molecule has 2 aromatic carbocycles. The molecule has 0 radical (unpaired) electrons. The first-order chi connectivity index (χ1) is 14.7. The van der Waals surface area contributed by atoms with E-state index in [1.807, 2.05) is 70.5 Å². The standard InChI is InChI=1S/C25H25N3O2/c29-23(21-16-20-10-4-5-11-22(20)26-17-21)28-15-7-13-25(28)12-6-14-27(24(25)30)18-19-8-2-1-3-9-19/h1-5,8-11,16-17H,6-7,12-15,18H2. The number of amides is 2. The van der Waals surface area contributed by atoms with E-state index >= 15 is 0 Å². The maximum Gasteiger partial charge on any atom is 0.256 e. The molecular formula is C25H25N3O2. The minimum atomic E-state index is -0.713. The van der Waals surface area contributed by atoms with Crippen LogP contribution in [0.5, 0.6) is 0 Å². The number of pyridine rings is 1. The van der Waals surface area contributed by atoms with Crippen LogP contribution >= 0.6 is 0 Å². The fraction of sp³-hybridized carbons (Fsp3) is 0.320. The third kappa shape index (κ3) is 3.15. The lowest BCUT2D eigenvalue weighted by atomic mass is 9.84. The number of hydrogen-bond acceptors (Lipinski definition) is 3. The average molecular weight is 399 g/mol. The molecule has 0 bridgehead atoms. The van der Waals surface area contributed by atoms with Gasteiger partial charge in [-0.05, 0) is 43.4 Å². The minimum absolute atomic E-state index is 0.0827. The first-order valence-corrected chi connectivity index (χ1v) is 10.7. The highest BCUT2D eigenvalue weighted by molar-refractivity contribution is 6.01. The van der Waals surface area contributed by atoms with Crippen molar-refractivity contribution in [3.63, 3.8) is 0 Å². The fourth-order valence-corrected chi connectivity index (χ4v) is 5.02. The topological polar surface area (TPSA) is 53.5 Å². The smallest absolute Gasteiger partial charge is 0.256 e. The van der Waals surface area contributed by atoms with E-state index in [4.69, 9.17) is 0 Å². The van der Waals surface area contributed by atoms with Gasteiger partial charge in [0.25, 0.3) is 5.91 Å². The van der Waals surface area contributed by atoms with Crippen LogP contribution in [-0.4, -0.2) is 45.2 Å². The van der Waals surface area contributed by atoms with Crippen LogP contribution in [0.4, 0.5) is 0 Å². The summed E-state index contributed by atoms with van der Waals surface area (Å²) in [5, 5.41) is 0.942. The number of rotatable bonds is 3. The zero-order chi connectivity index (χ0) is 20.6. The number of fused-ring (bicyclic) bond motifs is 1. The molecule has 5 nitrogen and oxygen atoms in total. The van der Waals surface area contributed by atoms with Gasteiger partial charge >= 0.3 is 0 Å². The molecule has 5 heteroatoms. The summed E-state index contributed by atoms with van der Waals surface area (Å²) in [6.07, 6.45) is 4.90. The van der Waals surface area contributed by atoms with E-state index in [2.05, 4.69) is 4.98 Å². The van der Waals surface area contributed by atoms with Crippen LogP contribution in [-0.2, 0) is 11.3 Å². The number of hydrogen-bond donors (Lipinski definition) is 0. The first-order valence-electron chi connectivity index (χ1n) is 10.7. The maximum atomic E-state index is 13.6. The number of aromatic nitrogens is 1. The van der Waals surface area contributed by atoms with E-state index < -0.39 is 5.54 Å². The van der Waals surface area contributed by atoms with Crippen LogP contribution in [0.25, 0.3) is 10.9 Å². The molecule has 0 N–H and O–H groups in total. The molecule has 1 aromatic heterocycles. The zero-order valence-corrected chi connectivity index (χ0v) is 17.0. The molecule has 2 aliphatic rings. The highest BCUT2D eigenvalue weighted by Crippen LogP contribution is 2.39. The summed E-state index contributed by atoms with van der Waals surface area (Å²) < 4.78 is 0. The number of carbonyl (C=O) groups excluding carboxylic acids is 2. The second kappa shape index (κ2) is 7.56. The molecule has 1 atom stereocenters. The molecule has 2 amide bonds. The highest BCUT2D eigenvalue weighted by atomic mass is 16.2. The predicted octanol–water partition coefficient (Wildman–Crippen LogP) is 4.03. The van der Waals surface area contributed by atoms with Gasteiger partial charge in [-0.15, -0.1) is 0 Å². The summed E-state index contributed by atoms with van der Waals surface area (Å²) in [5.74, 6) is 0.0119. The van der Waals surface area contributed by atoms with Gasteiger partial charge in [-0.3, -0.25) is 14.6 Å². The molecule has 2 fully saturated rings. The van der Waals surface area contributed by atoms with Gasteiger partial charge in [0.2, 0.25) is 5.91 Å². The molecule has 1 spiro atoms. The number of carbonyl (C=O) groups is 2. The molecule has 5 rings (SSSR count). The van der Waals surface area contributed by atoms with Gasteiger partial charge in [-0.25, -0.2) is 0 Å². The molecule has 3 heterocycles. The minimum Gasteiger partial charge on any atom is -0.336 e. The second-order valence-corrected chi connectivity index (χ2v) is 8.32. The van der Waals surface area contributed by atoms with Gasteiger partial charge in [-0.2, -0.15) is 0 Å². The number of piperidine rings is 1. The Bertz CT molecular complexity index is 1100. The van der Waals surface area contributed by atoms with Crippen LogP contribution in [0.3, 0.4) is 0 Å². The lowest BCUT2D eigenvalue weighted by Gasteiger charge is -2.44. The molecule has 2 aliphatic heterocycles. The number of likely N-dealkylation sites (tertiary alicyclic amines) is 2. The Morgan fingerprint density at radius 1 is 0.967 bits per heavy atom. The van der Waals surface area contributed by atoms with E-state index in [0.717, 1.165) is 48.7 Å². The first kappa shape index (κ1) is 18.8. The SMILES string of the molecule is O=C(c1cnc2ccccc2c1)N1CCCC12CCCN(Cc1ccccc1)C2=O. The van der Waals surface area contributed by atoms with E-state index in [9.17, 15) is 9.59 Å². The summed E-state index contributed by atoms with van der Waals surface area (Å²) in [6, 6.07) is 19.8. The van der Waals surface area contributed by atoms with E-state index in [1.54, 1.807) is 6.20 Å². The predicted molar refractivity (Wildman–Crippen MR) is 116 cm³/mol. The van der Waals surface area contributed by atoms with Gasteiger partial charge in [0, 0.05) is 31.2 Å². The number of para-hydroxylation sites is 1. The maximum absolute atomic E-state index is 13.6. The number of nitrogens with zero attached hydrogens (tertiary/aromatic N) is 3. The largest absolute Gasteiger partial charge is 0.336 e. The Balaban J connectivity index is 1.43. The van der Waals surface area contributed by atoms with Crippen LogP contribution in [0.2, 0.25) is 0 Å². The summed E-state index contributed by atoms with van der Waals surface area (Å²) in [7, 11) is 0. The van der Waals surface area contributed by atoms with Crippen LogP contribution < -0.4 is 0 Å². The highest BCUT2D eigenvalue weighted by Gasteiger charge is 2.52. The quantitative estimate of drug-likeness (QED) is 0.668. The van der Waals surface area contributed by atoms with Gasteiger partial charge in [0.05, 0.1) is 11.1 Å². The fourth-order valence-electron chi connectivity index (χ4n) is 5.02. The van der Waals surface area contributed by atoms with Crippen molar-refractivity contribution in [2.75, 3.05) is 13.1 Å². The average Bonchev–Trinajstić information content (AvgIpc) is 3.21. The van der Waals surface area contributed by atoms with Crippen molar-refractivity contribution in [3.05, 3.63) is 78.0 Å². The van der Waals surface area contributed by atoms with Crippen LogP contribution in [0.15, 0.2) is 66.9 Å². The third-order valence-electron chi connectivity index (χ3n) is 6.49. The van der Waals surface area contributed by atoms with Gasteiger partial charge in [-0.1, -0.05) is 48.5 Å². The molecule has 152 valence electrons. The van der Waals surface area contributed by atoms with E-state index in [-0.39, 0.29) is 11.8 Å². The van der Waals surface area contributed by atoms with Crippen molar-refractivity contribution < 1.29 is 9.59 Å². The Kier molecular flexibility index (Phi) is 4.74. The molecule has 0 aliphatic carbocycles. The Morgan fingerprint density at radius 2 is 1.70 bits per heavy atom. The van der Waals surface area contributed by atoms with Crippen molar-refractivity contribution in [1.82, 2.24) is 14.8 Å². The van der Waals surface area contributed by atoms with Crippen LogP contribution in [0.1, 0.15) is 41.6 Å². The van der Waals surface area contributed by atoms with E-state index in [1.165, 1.54) is 0 Å². The van der Waals surface area contributed by atoms with Gasteiger partial charge in [0.15, 0.2) is 0 Å². The second-order valence-electron chi connectivity index (χ2n) is 8.32. The molecule has 30 heavy (non-hydrogen) atoms. The molecule has 2 saturated heterocycles. The van der Waals surface area contributed by atoms with Crippen LogP contribution in [0, 0.1) is 0 Å². The summed E-state index contributed by atoms with van der Waals surface area (Å²) in [4.78, 5) is 35.3. The summed E-state index contributed by atoms with van der Waals surface area (Å²) in [5.41, 5.74) is 1.84. The summed E-state index contributed by atoms with van der Waals surface area (Å²) >= 11 is 0. The van der Waals surface area contributed by atoms with Crippen molar-refractivity contribution in [3.8, 4) is 0 Å². The zero-order valence-electron chi connectivity index (χ0n) is 17.0. The Hall–Kier alpha value is -3.21. The van der Waals surface area contributed by atoms with Crippen molar-refractivity contribution in [1.29, 1.82) is 0 Å². The van der Waals surface area contributed by atoms with E-state index in [0.29, 0.717) is 18.7 Å². The molecule has 0 saturated carbocycles. The lowest BCUT2D eigenvalue weighted by molar-refractivity contribution is -0.146. The third-order valence-corrected chi connectivity index (χ3v) is 6.49. The Morgan fingerprint density at radius 3 is 2.53 bits per heavy atom.